The lowest BCUT2D eigenvalue weighted by molar-refractivity contribution is -0.136. The normalized spacial score (nSPS) is 33.9. The molecule has 1 saturated heterocycles. The molecule has 1 heterocycles. The molecule has 2 atom stereocenters. The first-order valence-corrected chi connectivity index (χ1v) is 7.05. The van der Waals surface area contributed by atoms with Crippen molar-refractivity contribution >= 4 is 21.8 Å². The Hall–Kier alpha value is -0.0500. The van der Waals surface area contributed by atoms with E-state index in [0.717, 1.165) is 18.3 Å². The van der Waals surface area contributed by atoms with E-state index in [2.05, 4.69) is 34.7 Å². The van der Waals surface area contributed by atoms with Crippen LogP contribution >= 0.6 is 15.9 Å². The summed E-state index contributed by atoms with van der Waals surface area (Å²) in [6.07, 6.45) is 4.71. The molecule has 2 aliphatic rings. The molecule has 0 aromatic heterocycles. The molecular weight excluding hydrogens is 254 g/mol. The Morgan fingerprint density at radius 3 is 2.67 bits per heavy atom. The molecule has 1 aliphatic carbocycles. The molecular formula is C12H20BrNO. The van der Waals surface area contributed by atoms with Gasteiger partial charge in [0.25, 0.3) is 0 Å². The number of hydrogen-bond donors (Lipinski definition) is 0. The molecule has 86 valence electrons. The predicted octanol–water partition coefficient (Wildman–Crippen LogP) is 2.81. The van der Waals surface area contributed by atoms with Crippen molar-refractivity contribution in [3.8, 4) is 0 Å². The van der Waals surface area contributed by atoms with Gasteiger partial charge < -0.3 is 4.90 Å². The van der Waals surface area contributed by atoms with Crippen LogP contribution in [0.2, 0.25) is 0 Å². The zero-order chi connectivity index (χ0) is 11.1. The quantitative estimate of drug-likeness (QED) is 0.709. The van der Waals surface area contributed by atoms with E-state index in [4.69, 9.17) is 0 Å². The van der Waals surface area contributed by atoms with Gasteiger partial charge in [0, 0.05) is 23.8 Å². The van der Waals surface area contributed by atoms with Crippen molar-refractivity contribution in [2.24, 2.45) is 11.3 Å². The van der Waals surface area contributed by atoms with Crippen LogP contribution in [0.4, 0.5) is 0 Å². The number of carbonyl (C=O) groups is 1. The van der Waals surface area contributed by atoms with Gasteiger partial charge >= 0.3 is 0 Å². The SMILES string of the molecule is CC1(C)CC1C(=O)N1CCCCC1CBr. The van der Waals surface area contributed by atoms with E-state index in [-0.39, 0.29) is 5.41 Å². The summed E-state index contributed by atoms with van der Waals surface area (Å²) in [6.45, 7) is 5.37. The van der Waals surface area contributed by atoms with E-state index < -0.39 is 0 Å². The number of halogens is 1. The second-order valence-corrected chi connectivity index (χ2v) is 6.23. The van der Waals surface area contributed by atoms with Crippen molar-refractivity contribution in [1.29, 1.82) is 0 Å². The molecule has 0 aromatic carbocycles. The minimum absolute atomic E-state index is 0.269. The maximum Gasteiger partial charge on any atom is 0.226 e. The molecule has 1 saturated carbocycles. The molecule has 2 rings (SSSR count). The van der Waals surface area contributed by atoms with Gasteiger partial charge in [-0.25, -0.2) is 0 Å². The molecule has 0 N–H and O–H groups in total. The fraction of sp³-hybridized carbons (Fsp3) is 0.917. The molecule has 0 radical (unpaired) electrons. The van der Waals surface area contributed by atoms with Crippen molar-refractivity contribution in [3.63, 3.8) is 0 Å². The molecule has 15 heavy (non-hydrogen) atoms. The Morgan fingerprint density at radius 2 is 2.13 bits per heavy atom. The Kier molecular flexibility index (Phi) is 3.11. The third-order valence-corrected chi connectivity index (χ3v) is 4.65. The van der Waals surface area contributed by atoms with Gasteiger partial charge in [0.15, 0.2) is 0 Å². The van der Waals surface area contributed by atoms with Gasteiger partial charge in [-0.15, -0.1) is 0 Å². The van der Waals surface area contributed by atoms with E-state index in [1.54, 1.807) is 0 Å². The Balaban J connectivity index is 1.99. The molecule has 3 heteroatoms. The van der Waals surface area contributed by atoms with Crippen LogP contribution in [0.5, 0.6) is 0 Å². The van der Waals surface area contributed by atoms with Crippen LogP contribution in [0.25, 0.3) is 0 Å². The number of hydrogen-bond acceptors (Lipinski definition) is 1. The lowest BCUT2D eigenvalue weighted by Gasteiger charge is -2.35. The average molecular weight is 274 g/mol. The lowest BCUT2D eigenvalue weighted by atomic mass is 10.0. The molecule has 1 amide bonds. The van der Waals surface area contributed by atoms with Crippen LogP contribution < -0.4 is 0 Å². The van der Waals surface area contributed by atoms with E-state index >= 15 is 0 Å². The maximum atomic E-state index is 12.3. The highest BCUT2D eigenvalue weighted by Gasteiger charge is 2.52. The number of amides is 1. The van der Waals surface area contributed by atoms with Crippen LogP contribution in [-0.4, -0.2) is 28.7 Å². The van der Waals surface area contributed by atoms with Gasteiger partial charge in [-0.2, -0.15) is 0 Å². The average Bonchev–Trinajstić information content (AvgIpc) is 2.86. The third-order valence-electron chi connectivity index (χ3n) is 3.90. The Labute approximate surface area is 101 Å². The molecule has 0 spiro atoms. The number of likely N-dealkylation sites (tertiary alicyclic amines) is 1. The summed E-state index contributed by atoms with van der Waals surface area (Å²) in [5, 5.41) is 0.936. The van der Waals surface area contributed by atoms with Crippen LogP contribution in [0.1, 0.15) is 39.5 Å². The zero-order valence-electron chi connectivity index (χ0n) is 9.63. The maximum absolute atomic E-state index is 12.3. The smallest absolute Gasteiger partial charge is 0.226 e. The molecule has 0 aromatic rings. The van der Waals surface area contributed by atoms with Gasteiger partial charge in [0.05, 0.1) is 0 Å². The van der Waals surface area contributed by atoms with Crippen molar-refractivity contribution in [3.05, 3.63) is 0 Å². The minimum Gasteiger partial charge on any atom is -0.339 e. The Bertz CT molecular complexity index is 264. The van der Waals surface area contributed by atoms with E-state index in [0.29, 0.717) is 17.9 Å². The van der Waals surface area contributed by atoms with Gasteiger partial charge in [-0.05, 0) is 31.1 Å². The van der Waals surface area contributed by atoms with E-state index in [9.17, 15) is 4.79 Å². The van der Waals surface area contributed by atoms with Gasteiger partial charge in [0.1, 0.15) is 0 Å². The summed E-state index contributed by atoms with van der Waals surface area (Å²) in [5.74, 6) is 0.710. The monoisotopic (exact) mass is 273 g/mol. The second kappa shape index (κ2) is 4.08. The van der Waals surface area contributed by atoms with Crippen molar-refractivity contribution in [1.82, 2.24) is 4.90 Å². The van der Waals surface area contributed by atoms with Crippen LogP contribution in [0.3, 0.4) is 0 Å². The van der Waals surface area contributed by atoms with Crippen molar-refractivity contribution in [2.75, 3.05) is 11.9 Å². The fourth-order valence-electron chi connectivity index (χ4n) is 2.54. The molecule has 2 fully saturated rings. The number of alkyl halides is 1. The zero-order valence-corrected chi connectivity index (χ0v) is 11.2. The summed E-state index contributed by atoms with van der Waals surface area (Å²) in [4.78, 5) is 14.4. The van der Waals surface area contributed by atoms with Gasteiger partial charge in [0.2, 0.25) is 5.91 Å². The number of piperidine rings is 1. The molecule has 1 aliphatic heterocycles. The summed E-state index contributed by atoms with van der Waals surface area (Å²) in [5.41, 5.74) is 0.269. The third kappa shape index (κ3) is 2.22. The highest BCUT2D eigenvalue weighted by molar-refractivity contribution is 9.09. The largest absolute Gasteiger partial charge is 0.339 e. The molecule has 2 nitrogen and oxygen atoms in total. The number of rotatable bonds is 2. The number of carbonyl (C=O) groups excluding carboxylic acids is 1. The first kappa shape index (κ1) is 11.4. The first-order chi connectivity index (χ1) is 7.06. The number of nitrogens with zero attached hydrogens (tertiary/aromatic N) is 1. The lowest BCUT2D eigenvalue weighted by Crippen LogP contribution is -2.45. The summed E-state index contributed by atoms with van der Waals surface area (Å²) in [6, 6.07) is 0.447. The minimum atomic E-state index is 0.269. The van der Waals surface area contributed by atoms with E-state index in [1.165, 1.54) is 19.3 Å². The first-order valence-electron chi connectivity index (χ1n) is 5.93. The van der Waals surface area contributed by atoms with Crippen LogP contribution in [-0.2, 0) is 4.79 Å². The van der Waals surface area contributed by atoms with Crippen molar-refractivity contribution in [2.45, 2.75) is 45.6 Å². The molecule has 0 bridgehead atoms. The highest BCUT2D eigenvalue weighted by atomic mass is 79.9. The fourth-order valence-corrected chi connectivity index (χ4v) is 3.21. The summed E-state index contributed by atoms with van der Waals surface area (Å²) in [7, 11) is 0. The van der Waals surface area contributed by atoms with Gasteiger partial charge in [-0.3, -0.25) is 4.79 Å². The predicted molar refractivity (Wildman–Crippen MR) is 65.0 cm³/mol. The molecule has 2 unspecified atom stereocenters. The Morgan fingerprint density at radius 1 is 1.47 bits per heavy atom. The van der Waals surface area contributed by atoms with Gasteiger partial charge in [-0.1, -0.05) is 29.8 Å². The van der Waals surface area contributed by atoms with E-state index in [1.807, 2.05) is 0 Å². The summed E-state index contributed by atoms with van der Waals surface area (Å²) >= 11 is 3.52. The highest BCUT2D eigenvalue weighted by Crippen LogP contribution is 2.52. The van der Waals surface area contributed by atoms with Crippen LogP contribution in [0, 0.1) is 11.3 Å². The summed E-state index contributed by atoms with van der Waals surface area (Å²) < 4.78 is 0. The standard InChI is InChI=1S/C12H20BrNO/c1-12(2)7-10(12)11(15)14-6-4-3-5-9(14)8-13/h9-10H,3-8H2,1-2H3. The van der Waals surface area contributed by atoms with Crippen molar-refractivity contribution < 1.29 is 4.79 Å². The van der Waals surface area contributed by atoms with Crippen LogP contribution in [0.15, 0.2) is 0 Å². The topological polar surface area (TPSA) is 20.3 Å². The second-order valence-electron chi connectivity index (χ2n) is 5.58.